The van der Waals surface area contributed by atoms with Crippen molar-refractivity contribution >= 4 is 0 Å². The molecular weight excluding hydrogens is 218 g/mol. The SMILES string of the molecule is CC1(NCCCCc2ccccc2)CCCCC1. The molecule has 1 aliphatic carbocycles. The second kappa shape index (κ2) is 6.94. The summed E-state index contributed by atoms with van der Waals surface area (Å²) in [4.78, 5) is 0. The molecule has 18 heavy (non-hydrogen) atoms. The number of rotatable bonds is 6. The van der Waals surface area contributed by atoms with Gasteiger partial charge in [-0.3, -0.25) is 0 Å². The predicted octanol–water partition coefficient (Wildman–Crippen LogP) is 4.32. The zero-order valence-corrected chi connectivity index (χ0v) is 11.8. The minimum Gasteiger partial charge on any atom is -0.312 e. The monoisotopic (exact) mass is 245 g/mol. The number of hydrogen-bond donors (Lipinski definition) is 1. The molecule has 0 spiro atoms. The molecule has 0 saturated heterocycles. The van der Waals surface area contributed by atoms with Crippen LogP contribution in [0.15, 0.2) is 30.3 Å². The molecule has 1 heteroatoms. The molecule has 1 aromatic carbocycles. The molecule has 0 bridgehead atoms. The number of benzene rings is 1. The van der Waals surface area contributed by atoms with Gasteiger partial charge in [-0.1, -0.05) is 49.6 Å². The Hall–Kier alpha value is -0.820. The Balaban J connectivity index is 1.58. The standard InChI is InChI=1S/C17H27N/c1-17(13-7-3-8-14-17)18-15-9-6-12-16-10-4-2-5-11-16/h2,4-5,10-11,18H,3,6-9,12-15H2,1H3. The lowest BCUT2D eigenvalue weighted by atomic mass is 9.83. The van der Waals surface area contributed by atoms with Gasteiger partial charge in [-0.2, -0.15) is 0 Å². The zero-order valence-electron chi connectivity index (χ0n) is 11.8. The van der Waals surface area contributed by atoms with E-state index >= 15 is 0 Å². The highest BCUT2D eigenvalue weighted by Crippen LogP contribution is 2.27. The van der Waals surface area contributed by atoms with E-state index in [9.17, 15) is 0 Å². The highest BCUT2D eigenvalue weighted by atomic mass is 15.0. The fraction of sp³-hybridized carbons (Fsp3) is 0.647. The van der Waals surface area contributed by atoms with Gasteiger partial charge in [0, 0.05) is 5.54 Å². The van der Waals surface area contributed by atoms with E-state index in [2.05, 4.69) is 42.6 Å². The summed E-state index contributed by atoms with van der Waals surface area (Å²) in [6, 6.07) is 10.8. The van der Waals surface area contributed by atoms with Crippen molar-refractivity contribution in [3.8, 4) is 0 Å². The van der Waals surface area contributed by atoms with Gasteiger partial charge in [0.15, 0.2) is 0 Å². The van der Waals surface area contributed by atoms with Crippen molar-refractivity contribution in [3.63, 3.8) is 0 Å². The smallest absolute Gasteiger partial charge is 0.0153 e. The summed E-state index contributed by atoms with van der Waals surface area (Å²) in [5, 5.41) is 3.78. The number of aryl methyl sites for hydroxylation is 1. The van der Waals surface area contributed by atoms with E-state index in [1.165, 1.54) is 63.5 Å². The maximum atomic E-state index is 3.78. The Morgan fingerprint density at radius 3 is 2.44 bits per heavy atom. The van der Waals surface area contributed by atoms with Crippen LogP contribution in [0.2, 0.25) is 0 Å². The molecule has 0 amide bonds. The Labute approximate surface area is 112 Å². The number of nitrogens with one attached hydrogen (secondary N) is 1. The average Bonchev–Trinajstić information content (AvgIpc) is 2.40. The maximum Gasteiger partial charge on any atom is 0.0153 e. The molecule has 1 fully saturated rings. The van der Waals surface area contributed by atoms with Crippen molar-refractivity contribution in [1.29, 1.82) is 0 Å². The van der Waals surface area contributed by atoms with E-state index in [0.717, 1.165) is 0 Å². The summed E-state index contributed by atoms with van der Waals surface area (Å²) < 4.78 is 0. The van der Waals surface area contributed by atoms with Crippen LogP contribution < -0.4 is 5.32 Å². The molecule has 1 N–H and O–H groups in total. The van der Waals surface area contributed by atoms with E-state index in [4.69, 9.17) is 0 Å². The van der Waals surface area contributed by atoms with Gasteiger partial charge in [-0.15, -0.1) is 0 Å². The highest BCUT2D eigenvalue weighted by molar-refractivity contribution is 5.14. The fourth-order valence-corrected chi connectivity index (χ4v) is 3.00. The zero-order chi connectivity index (χ0) is 12.7. The van der Waals surface area contributed by atoms with Crippen LogP contribution in [0.3, 0.4) is 0 Å². The Kier molecular flexibility index (Phi) is 5.25. The van der Waals surface area contributed by atoms with Crippen LogP contribution in [0.25, 0.3) is 0 Å². The van der Waals surface area contributed by atoms with E-state index in [1.54, 1.807) is 0 Å². The fourth-order valence-electron chi connectivity index (χ4n) is 3.00. The molecule has 1 aliphatic rings. The van der Waals surface area contributed by atoms with Crippen molar-refractivity contribution in [1.82, 2.24) is 5.32 Å². The van der Waals surface area contributed by atoms with Crippen LogP contribution in [0.4, 0.5) is 0 Å². The third kappa shape index (κ3) is 4.45. The van der Waals surface area contributed by atoms with Gasteiger partial charge in [0.25, 0.3) is 0 Å². The maximum absolute atomic E-state index is 3.78. The van der Waals surface area contributed by atoms with Crippen LogP contribution >= 0.6 is 0 Å². The summed E-state index contributed by atoms with van der Waals surface area (Å²) in [6.45, 7) is 3.59. The van der Waals surface area contributed by atoms with Crippen molar-refractivity contribution in [3.05, 3.63) is 35.9 Å². The van der Waals surface area contributed by atoms with Gasteiger partial charge in [0.05, 0.1) is 0 Å². The summed E-state index contributed by atoms with van der Waals surface area (Å²) in [6.07, 6.45) is 10.8. The molecular formula is C17H27N. The van der Waals surface area contributed by atoms with Gasteiger partial charge in [-0.05, 0) is 51.1 Å². The first-order valence-corrected chi connectivity index (χ1v) is 7.57. The minimum atomic E-state index is 0.436. The topological polar surface area (TPSA) is 12.0 Å². The van der Waals surface area contributed by atoms with Gasteiger partial charge >= 0.3 is 0 Å². The lowest BCUT2D eigenvalue weighted by Crippen LogP contribution is -2.44. The summed E-state index contributed by atoms with van der Waals surface area (Å²) >= 11 is 0. The van der Waals surface area contributed by atoms with Crippen molar-refractivity contribution in [2.45, 2.75) is 63.8 Å². The average molecular weight is 245 g/mol. The van der Waals surface area contributed by atoms with E-state index < -0.39 is 0 Å². The molecule has 1 aromatic rings. The minimum absolute atomic E-state index is 0.436. The van der Waals surface area contributed by atoms with Crippen molar-refractivity contribution in [2.75, 3.05) is 6.54 Å². The Morgan fingerprint density at radius 2 is 1.72 bits per heavy atom. The lowest BCUT2D eigenvalue weighted by Gasteiger charge is -2.34. The first-order valence-electron chi connectivity index (χ1n) is 7.57. The lowest BCUT2D eigenvalue weighted by molar-refractivity contribution is 0.253. The van der Waals surface area contributed by atoms with Gasteiger partial charge < -0.3 is 5.32 Å². The van der Waals surface area contributed by atoms with E-state index in [-0.39, 0.29) is 0 Å². The number of hydrogen-bond acceptors (Lipinski definition) is 1. The molecule has 0 aliphatic heterocycles. The summed E-state index contributed by atoms with van der Waals surface area (Å²) in [5.41, 5.74) is 1.91. The molecule has 0 heterocycles. The molecule has 1 nitrogen and oxygen atoms in total. The Bertz CT molecular complexity index is 325. The van der Waals surface area contributed by atoms with Crippen LogP contribution in [0.1, 0.15) is 57.4 Å². The molecule has 2 rings (SSSR count). The molecule has 100 valence electrons. The predicted molar refractivity (Wildman–Crippen MR) is 78.9 cm³/mol. The molecule has 0 aromatic heterocycles. The normalized spacial score (nSPS) is 18.7. The second-order valence-electron chi connectivity index (χ2n) is 5.99. The van der Waals surface area contributed by atoms with Crippen molar-refractivity contribution < 1.29 is 0 Å². The van der Waals surface area contributed by atoms with Gasteiger partial charge in [-0.25, -0.2) is 0 Å². The molecule has 0 unspecified atom stereocenters. The molecule has 1 saturated carbocycles. The van der Waals surface area contributed by atoms with Gasteiger partial charge in [0.1, 0.15) is 0 Å². The van der Waals surface area contributed by atoms with Crippen LogP contribution in [-0.2, 0) is 6.42 Å². The van der Waals surface area contributed by atoms with Crippen LogP contribution in [0.5, 0.6) is 0 Å². The molecule has 0 atom stereocenters. The number of unbranched alkanes of at least 4 members (excludes halogenated alkanes) is 1. The Morgan fingerprint density at radius 1 is 1.00 bits per heavy atom. The van der Waals surface area contributed by atoms with Crippen LogP contribution in [-0.4, -0.2) is 12.1 Å². The highest BCUT2D eigenvalue weighted by Gasteiger charge is 2.25. The van der Waals surface area contributed by atoms with E-state index in [1.807, 2.05) is 0 Å². The quantitative estimate of drug-likeness (QED) is 0.736. The largest absolute Gasteiger partial charge is 0.312 e. The third-order valence-corrected chi connectivity index (χ3v) is 4.24. The van der Waals surface area contributed by atoms with E-state index in [0.29, 0.717) is 5.54 Å². The first kappa shape index (κ1) is 13.6. The van der Waals surface area contributed by atoms with Crippen LogP contribution in [0, 0.1) is 0 Å². The summed E-state index contributed by atoms with van der Waals surface area (Å²) in [7, 11) is 0. The second-order valence-corrected chi connectivity index (χ2v) is 5.99. The van der Waals surface area contributed by atoms with Crippen molar-refractivity contribution in [2.24, 2.45) is 0 Å². The van der Waals surface area contributed by atoms with Gasteiger partial charge in [0.2, 0.25) is 0 Å². The first-order chi connectivity index (χ1) is 8.79. The molecule has 0 radical (unpaired) electrons. The summed E-state index contributed by atoms with van der Waals surface area (Å²) in [5.74, 6) is 0. The third-order valence-electron chi connectivity index (χ3n) is 4.24.